The van der Waals surface area contributed by atoms with E-state index in [2.05, 4.69) is 4.98 Å². The molecule has 33 heavy (non-hydrogen) atoms. The maximum Gasteiger partial charge on any atom is 0.261 e. The quantitative estimate of drug-likeness (QED) is 0.668. The molecule has 2 N–H and O–H groups in total. The summed E-state index contributed by atoms with van der Waals surface area (Å²) < 4.78 is 11.9. The molecule has 1 aromatic heterocycles. The molecule has 0 unspecified atom stereocenters. The number of likely N-dealkylation sites (N-methyl/N-ethyl adjacent to an activating group) is 1. The lowest BCUT2D eigenvalue weighted by Crippen LogP contribution is -2.51. The second kappa shape index (κ2) is 7.62. The number of nitrogens with zero attached hydrogens (tertiary/aromatic N) is 3. The van der Waals surface area contributed by atoms with Crippen molar-refractivity contribution in [1.29, 1.82) is 0 Å². The summed E-state index contributed by atoms with van der Waals surface area (Å²) in [5, 5.41) is 0. The number of methoxy groups -OCH3 is 1. The Morgan fingerprint density at radius 3 is 2.70 bits per heavy atom. The fourth-order valence-corrected chi connectivity index (χ4v) is 4.90. The summed E-state index contributed by atoms with van der Waals surface area (Å²) >= 11 is 0. The van der Waals surface area contributed by atoms with Crippen LogP contribution in [0.2, 0.25) is 0 Å². The standard InChI is InChI=1S/C26H26N4O3/c1-25(14-17-6-4-8-20(12-17)32-3)16-26(23(31)30(2)24(27)29-26)21-13-18(9-10-22(21)33-25)19-7-5-11-28-15-19/h4-13,15H,14,16H2,1-3H3,(H2,27,29)/t25-,26-/m1/s1. The Bertz CT molecular complexity index is 1260. The number of aliphatic imine (C=N–C) groups is 1. The highest BCUT2D eigenvalue weighted by Gasteiger charge is 2.56. The number of rotatable bonds is 4. The number of nitrogens with two attached hydrogens (primary N) is 1. The number of aromatic nitrogens is 1. The highest BCUT2D eigenvalue weighted by Crippen LogP contribution is 2.50. The highest BCUT2D eigenvalue weighted by molar-refractivity contribution is 6.07. The highest BCUT2D eigenvalue weighted by atomic mass is 16.5. The van der Waals surface area contributed by atoms with E-state index in [1.807, 2.05) is 61.5 Å². The first-order valence-electron chi connectivity index (χ1n) is 10.8. The fraction of sp³-hybridized carbons (Fsp3) is 0.269. The van der Waals surface area contributed by atoms with E-state index in [9.17, 15) is 4.79 Å². The molecule has 1 spiro atoms. The van der Waals surface area contributed by atoms with Gasteiger partial charge >= 0.3 is 0 Å². The molecule has 2 atom stereocenters. The van der Waals surface area contributed by atoms with Gasteiger partial charge < -0.3 is 15.2 Å². The number of benzene rings is 2. The Hall–Kier alpha value is -3.87. The van der Waals surface area contributed by atoms with E-state index in [1.165, 1.54) is 4.90 Å². The number of carbonyl (C=O) groups is 1. The number of carbonyl (C=O) groups excluding carboxylic acids is 1. The van der Waals surface area contributed by atoms with E-state index in [4.69, 9.17) is 20.2 Å². The molecule has 1 amide bonds. The van der Waals surface area contributed by atoms with Crippen LogP contribution in [0, 0.1) is 0 Å². The van der Waals surface area contributed by atoms with Crippen LogP contribution in [0.15, 0.2) is 72.0 Å². The molecule has 0 saturated carbocycles. The average Bonchev–Trinajstić information content (AvgIpc) is 3.03. The summed E-state index contributed by atoms with van der Waals surface area (Å²) in [6.45, 7) is 2.02. The largest absolute Gasteiger partial charge is 0.497 e. The topological polar surface area (TPSA) is 90.0 Å². The lowest BCUT2D eigenvalue weighted by atomic mass is 9.74. The molecule has 0 fully saturated rings. The van der Waals surface area contributed by atoms with Gasteiger partial charge in [-0.1, -0.05) is 24.3 Å². The zero-order valence-electron chi connectivity index (χ0n) is 18.9. The van der Waals surface area contributed by atoms with Crippen molar-refractivity contribution in [3.8, 4) is 22.6 Å². The number of amides is 1. The fourth-order valence-electron chi connectivity index (χ4n) is 4.90. The molecule has 168 valence electrons. The van der Waals surface area contributed by atoms with E-state index in [0.717, 1.165) is 28.0 Å². The number of hydrogen-bond donors (Lipinski definition) is 1. The maximum atomic E-state index is 13.6. The van der Waals surface area contributed by atoms with E-state index in [1.54, 1.807) is 26.6 Å². The van der Waals surface area contributed by atoms with Gasteiger partial charge in [0, 0.05) is 43.4 Å². The number of pyridine rings is 1. The van der Waals surface area contributed by atoms with Crippen LogP contribution in [0.5, 0.6) is 11.5 Å². The lowest BCUT2D eigenvalue weighted by molar-refractivity contribution is -0.133. The molecule has 7 heteroatoms. The zero-order valence-corrected chi connectivity index (χ0v) is 18.9. The number of fused-ring (bicyclic) bond motifs is 2. The number of ether oxygens (including phenoxy) is 2. The molecule has 5 rings (SSSR count). The Morgan fingerprint density at radius 2 is 2.00 bits per heavy atom. The molecule has 2 aliphatic heterocycles. The van der Waals surface area contributed by atoms with Crippen molar-refractivity contribution in [3.63, 3.8) is 0 Å². The first kappa shape index (κ1) is 21.0. The second-order valence-electron chi connectivity index (χ2n) is 8.90. The molecule has 0 saturated heterocycles. The van der Waals surface area contributed by atoms with E-state index >= 15 is 0 Å². The lowest BCUT2D eigenvalue weighted by Gasteiger charge is -2.43. The van der Waals surface area contributed by atoms with E-state index < -0.39 is 11.1 Å². The van der Waals surface area contributed by atoms with Crippen LogP contribution >= 0.6 is 0 Å². The number of guanidine groups is 1. The Kier molecular flexibility index (Phi) is 4.85. The number of hydrogen-bond acceptors (Lipinski definition) is 6. The molecule has 2 aliphatic rings. The van der Waals surface area contributed by atoms with Crippen molar-refractivity contribution in [1.82, 2.24) is 9.88 Å². The van der Waals surface area contributed by atoms with Crippen molar-refractivity contribution in [3.05, 3.63) is 78.1 Å². The monoisotopic (exact) mass is 442 g/mol. The van der Waals surface area contributed by atoms with Gasteiger partial charge in [0.1, 0.15) is 17.1 Å². The predicted molar refractivity (Wildman–Crippen MR) is 126 cm³/mol. The molecule has 3 heterocycles. The van der Waals surface area contributed by atoms with Crippen molar-refractivity contribution >= 4 is 11.9 Å². The van der Waals surface area contributed by atoms with Crippen molar-refractivity contribution in [2.75, 3.05) is 14.2 Å². The summed E-state index contributed by atoms with van der Waals surface area (Å²) in [4.78, 5) is 24.0. The van der Waals surface area contributed by atoms with Gasteiger partial charge in [-0.15, -0.1) is 0 Å². The van der Waals surface area contributed by atoms with Gasteiger partial charge in [-0.25, -0.2) is 4.99 Å². The average molecular weight is 443 g/mol. The second-order valence-corrected chi connectivity index (χ2v) is 8.90. The van der Waals surface area contributed by atoms with Gasteiger partial charge in [-0.05, 0) is 48.4 Å². The van der Waals surface area contributed by atoms with E-state index in [-0.39, 0.29) is 11.9 Å². The molecule has 0 bridgehead atoms. The SMILES string of the molecule is COc1cccc(C[C@]2(C)C[C@@]3(N=C(N)N(C)C3=O)c3cc(-c4cccnc4)ccc3O2)c1. The minimum Gasteiger partial charge on any atom is -0.497 e. The third-order valence-corrected chi connectivity index (χ3v) is 6.43. The zero-order chi connectivity index (χ0) is 23.2. The van der Waals surface area contributed by atoms with Crippen LogP contribution in [0.1, 0.15) is 24.5 Å². The van der Waals surface area contributed by atoms with Gasteiger partial charge in [0.25, 0.3) is 5.91 Å². The molecule has 0 aliphatic carbocycles. The van der Waals surface area contributed by atoms with Crippen LogP contribution in [-0.2, 0) is 16.8 Å². The third-order valence-electron chi connectivity index (χ3n) is 6.43. The Balaban J connectivity index is 1.62. The minimum absolute atomic E-state index is 0.148. The molecular formula is C26H26N4O3. The molecule has 0 radical (unpaired) electrons. The predicted octanol–water partition coefficient (Wildman–Crippen LogP) is 3.52. The minimum atomic E-state index is -1.14. The summed E-state index contributed by atoms with van der Waals surface area (Å²) in [7, 11) is 3.31. The first-order valence-corrected chi connectivity index (χ1v) is 10.8. The smallest absolute Gasteiger partial charge is 0.261 e. The third kappa shape index (κ3) is 3.50. The molecule has 3 aromatic rings. The van der Waals surface area contributed by atoms with Crippen LogP contribution in [-0.4, -0.2) is 41.5 Å². The van der Waals surface area contributed by atoms with Crippen molar-refractivity contribution < 1.29 is 14.3 Å². The van der Waals surface area contributed by atoms with Crippen LogP contribution < -0.4 is 15.2 Å². The summed E-state index contributed by atoms with van der Waals surface area (Å²) in [5.74, 6) is 1.48. The summed E-state index contributed by atoms with van der Waals surface area (Å²) in [6.07, 6.45) is 4.48. The molecular weight excluding hydrogens is 416 g/mol. The summed E-state index contributed by atoms with van der Waals surface area (Å²) in [5.41, 5.74) is 8.00. The molecule has 7 nitrogen and oxygen atoms in total. The first-order chi connectivity index (χ1) is 15.8. The normalized spacial score (nSPS) is 23.8. The Morgan fingerprint density at radius 1 is 1.15 bits per heavy atom. The van der Waals surface area contributed by atoms with Crippen molar-refractivity contribution in [2.45, 2.75) is 30.9 Å². The van der Waals surface area contributed by atoms with E-state index in [0.29, 0.717) is 18.6 Å². The van der Waals surface area contributed by atoms with Crippen LogP contribution in [0.25, 0.3) is 11.1 Å². The van der Waals surface area contributed by atoms with Crippen LogP contribution in [0.4, 0.5) is 0 Å². The maximum absolute atomic E-state index is 13.6. The van der Waals surface area contributed by atoms with Crippen LogP contribution in [0.3, 0.4) is 0 Å². The van der Waals surface area contributed by atoms with Gasteiger partial charge in [-0.2, -0.15) is 0 Å². The van der Waals surface area contributed by atoms with Gasteiger partial charge in [0.05, 0.1) is 7.11 Å². The van der Waals surface area contributed by atoms with Gasteiger partial charge in [-0.3, -0.25) is 14.7 Å². The Labute approximate surface area is 192 Å². The van der Waals surface area contributed by atoms with Gasteiger partial charge in [0.15, 0.2) is 11.5 Å². The van der Waals surface area contributed by atoms with Crippen molar-refractivity contribution in [2.24, 2.45) is 10.7 Å². The van der Waals surface area contributed by atoms with Gasteiger partial charge in [0.2, 0.25) is 0 Å². The molecule has 2 aromatic carbocycles. The summed E-state index contributed by atoms with van der Waals surface area (Å²) in [6, 6.07) is 17.6.